The molecule has 3 aromatic rings. The average molecular weight is 414 g/mol. The molecule has 0 saturated carbocycles. The van der Waals surface area contributed by atoms with E-state index in [0.29, 0.717) is 34.2 Å². The lowest BCUT2D eigenvalue weighted by molar-refractivity contribution is -0.118. The number of nitrogens with zero attached hydrogens (tertiary/aromatic N) is 2. The molecule has 0 aliphatic rings. The van der Waals surface area contributed by atoms with E-state index in [-0.39, 0.29) is 17.2 Å². The molecule has 0 saturated heterocycles. The molecule has 28 heavy (non-hydrogen) atoms. The second-order valence-electron chi connectivity index (χ2n) is 6.25. The Balaban J connectivity index is 1.76. The van der Waals surface area contributed by atoms with Crippen molar-refractivity contribution in [1.82, 2.24) is 14.9 Å². The molecule has 0 aliphatic carbocycles. The lowest BCUT2D eigenvalue weighted by Gasteiger charge is -2.12. The van der Waals surface area contributed by atoms with Gasteiger partial charge in [-0.1, -0.05) is 53.7 Å². The Morgan fingerprint density at radius 2 is 2.11 bits per heavy atom. The van der Waals surface area contributed by atoms with Crippen molar-refractivity contribution in [2.24, 2.45) is 0 Å². The minimum absolute atomic E-state index is 0.121. The van der Waals surface area contributed by atoms with Crippen LogP contribution in [0.15, 0.2) is 65.1 Å². The van der Waals surface area contributed by atoms with Crippen LogP contribution in [-0.4, -0.2) is 21.2 Å². The summed E-state index contributed by atoms with van der Waals surface area (Å²) in [4.78, 5) is 29.6. The Hall–Kier alpha value is -2.57. The summed E-state index contributed by atoms with van der Waals surface area (Å²) < 4.78 is 1.50. The van der Waals surface area contributed by atoms with Gasteiger partial charge in [0.05, 0.1) is 16.7 Å². The number of hydrogen-bond acceptors (Lipinski definition) is 4. The van der Waals surface area contributed by atoms with Crippen molar-refractivity contribution in [1.29, 1.82) is 0 Å². The van der Waals surface area contributed by atoms with Crippen LogP contribution in [-0.2, 0) is 17.9 Å². The van der Waals surface area contributed by atoms with Crippen LogP contribution in [0.3, 0.4) is 0 Å². The Morgan fingerprint density at radius 1 is 1.32 bits per heavy atom. The van der Waals surface area contributed by atoms with Crippen LogP contribution in [0.1, 0.15) is 11.1 Å². The van der Waals surface area contributed by atoms with E-state index < -0.39 is 0 Å². The molecule has 0 fully saturated rings. The number of allylic oxidation sites excluding steroid dienone is 1. The molecule has 0 bridgehead atoms. The quantitative estimate of drug-likeness (QED) is 0.362. The maximum Gasteiger partial charge on any atom is 0.262 e. The molecule has 0 spiro atoms. The van der Waals surface area contributed by atoms with Gasteiger partial charge in [0.2, 0.25) is 5.91 Å². The van der Waals surface area contributed by atoms with E-state index in [1.807, 2.05) is 31.2 Å². The minimum atomic E-state index is -0.199. The van der Waals surface area contributed by atoms with Crippen molar-refractivity contribution in [3.63, 3.8) is 0 Å². The van der Waals surface area contributed by atoms with E-state index in [4.69, 9.17) is 11.6 Å². The number of benzene rings is 2. The van der Waals surface area contributed by atoms with Gasteiger partial charge >= 0.3 is 0 Å². The zero-order valence-electron chi connectivity index (χ0n) is 15.4. The van der Waals surface area contributed by atoms with Crippen LogP contribution in [0.25, 0.3) is 10.9 Å². The van der Waals surface area contributed by atoms with Crippen molar-refractivity contribution >= 4 is 40.2 Å². The molecule has 1 heterocycles. The summed E-state index contributed by atoms with van der Waals surface area (Å²) in [5.41, 5.74) is 2.56. The first-order valence-corrected chi connectivity index (χ1v) is 10.1. The number of aryl methyl sites for hydroxylation is 1. The molecule has 0 atom stereocenters. The summed E-state index contributed by atoms with van der Waals surface area (Å²) in [6.45, 7) is 6.48. The molecule has 0 radical (unpaired) electrons. The molecule has 3 rings (SSSR count). The Labute approximate surface area is 172 Å². The summed E-state index contributed by atoms with van der Waals surface area (Å²) in [5, 5.41) is 4.31. The van der Waals surface area contributed by atoms with Crippen molar-refractivity contribution < 1.29 is 4.79 Å². The fourth-order valence-electron chi connectivity index (χ4n) is 2.76. The van der Waals surface area contributed by atoms with Crippen molar-refractivity contribution in [2.45, 2.75) is 25.2 Å². The first-order chi connectivity index (χ1) is 13.5. The van der Waals surface area contributed by atoms with E-state index in [1.54, 1.807) is 24.3 Å². The van der Waals surface area contributed by atoms with Crippen molar-refractivity contribution in [3.05, 3.63) is 81.6 Å². The highest BCUT2D eigenvalue weighted by Crippen LogP contribution is 2.20. The Bertz CT molecular complexity index is 1090. The number of amides is 1. The van der Waals surface area contributed by atoms with E-state index in [9.17, 15) is 9.59 Å². The van der Waals surface area contributed by atoms with Gasteiger partial charge in [0, 0.05) is 18.1 Å². The van der Waals surface area contributed by atoms with Crippen LogP contribution < -0.4 is 10.9 Å². The third-order valence-corrected chi connectivity index (χ3v) is 5.47. The van der Waals surface area contributed by atoms with Crippen LogP contribution in [0.2, 0.25) is 5.02 Å². The molecule has 5 nitrogen and oxygen atoms in total. The fraction of sp³-hybridized carbons (Fsp3) is 0.190. The first-order valence-electron chi connectivity index (χ1n) is 8.74. The molecule has 0 aliphatic heterocycles. The minimum Gasteiger partial charge on any atom is -0.351 e. The number of hydrogen-bond donors (Lipinski definition) is 1. The van der Waals surface area contributed by atoms with Crippen LogP contribution in [0.4, 0.5) is 0 Å². The number of aromatic nitrogens is 2. The summed E-state index contributed by atoms with van der Waals surface area (Å²) >= 11 is 7.23. The Morgan fingerprint density at radius 3 is 2.86 bits per heavy atom. The largest absolute Gasteiger partial charge is 0.351 e. The number of nitrogens with one attached hydrogen (secondary N) is 1. The maximum atomic E-state index is 12.8. The van der Waals surface area contributed by atoms with E-state index in [1.165, 1.54) is 16.3 Å². The van der Waals surface area contributed by atoms with Gasteiger partial charge in [-0.05, 0) is 36.2 Å². The second-order valence-corrected chi connectivity index (χ2v) is 7.63. The van der Waals surface area contributed by atoms with E-state index >= 15 is 0 Å². The van der Waals surface area contributed by atoms with Crippen molar-refractivity contribution in [2.75, 3.05) is 5.75 Å². The van der Waals surface area contributed by atoms with Gasteiger partial charge in [-0.25, -0.2) is 4.98 Å². The highest BCUT2D eigenvalue weighted by atomic mass is 35.5. The number of rotatable bonds is 7. The normalized spacial score (nSPS) is 10.8. The summed E-state index contributed by atoms with van der Waals surface area (Å²) in [7, 11) is 0. The van der Waals surface area contributed by atoms with Gasteiger partial charge in [0.15, 0.2) is 5.16 Å². The average Bonchev–Trinajstić information content (AvgIpc) is 2.69. The molecule has 1 amide bonds. The summed E-state index contributed by atoms with van der Waals surface area (Å²) in [6.07, 6.45) is 1.63. The number of thioether (sulfide) groups is 1. The lowest BCUT2D eigenvalue weighted by atomic mass is 10.1. The van der Waals surface area contributed by atoms with E-state index in [0.717, 1.165) is 11.1 Å². The van der Waals surface area contributed by atoms with Crippen LogP contribution in [0, 0.1) is 6.92 Å². The number of carbonyl (C=O) groups excluding carboxylic acids is 1. The van der Waals surface area contributed by atoms with Gasteiger partial charge in [0.25, 0.3) is 5.56 Å². The van der Waals surface area contributed by atoms with E-state index in [2.05, 4.69) is 16.9 Å². The van der Waals surface area contributed by atoms with Crippen LogP contribution >= 0.6 is 23.4 Å². The third kappa shape index (κ3) is 4.64. The third-order valence-electron chi connectivity index (χ3n) is 4.26. The summed E-state index contributed by atoms with van der Waals surface area (Å²) in [5.74, 6) is 0.0398. The molecular formula is C21H20ClN3O2S. The van der Waals surface area contributed by atoms with Gasteiger partial charge in [0.1, 0.15) is 0 Å². The second kappa shape index (κ2) is 9.08. The predicted octanol–water partition coefficient (Wildman–Crippen LogP) is 3.95. The predicted molar refractivity (Wildman–Crippen MR) is 115 cm³/mol. The maximum absolute atomic E-state index is 12.8. The standard InChI is InChI=1S/C21H20ClN3O2S/c1-3-10-25-20(27)17-11-16(22)8-9-18(17)24-21(25)28-13-19(26)23-12-15-7-5-4-6-14(15)2/h3-9,11H,1,10,12-13H2,2H3,(H,23,26). The molecule has 0 unspecified atom stereocenters. The number of fused-ring (bicyclic) bond motifs is 1. The molecule has 2 aromatic carbocycles. The first kappa shape index (κ1) is 20.2. The zero-order chi connectivity index (χ0) is 20.1. The van der Waals surface area contributed by atoms with Crippen LogP contribution in [0.5, 0.6) is 0 Å². The Kier molecular flexibility index (Phi) is 6.54. The summed E-state index contributed by atoms with van der Waals surface area (Å²) in [6, 6.07) is 12.9. The fourth-order valence-corrected chi connectivity index (χ4v) is 3.77. The monoisotopic (exact) mass is 413 g/mol. The lowest BCUT2D eigenvalue weighted by Crippen LogP contribution is -2.26. The van der Waals surface area contributed by atoms with Crippen molar-refractivity contribution in [3.8, 4) is 0 Å². The SMILES string of the molecule is C=CCn1c(SCC(=O)NCc2ccccc2C)nc2ccc(Cl)cc2c1=O. The van der Waals surface area contributed by atoms with Gasteiger partial charge in [-0.3, -0.25) is 14.2 Å². The zero-order valence-corrected chi connectivity index (χ0v) is 17.0. The highest BCUT2D eigenvalue weighted by Gasteiger charge is 2.13. The smallest absolute Gasteiger partial charge is 0.262 e. The topological polar surface area (TPSA) is 64.0 Å². The highest BCUT2D eigenvalue weighted by molar-refractivity contribution is 7.99. The number of carbonyl (C=O) groups is 1. The molecule has 144 valence electrons. The number of halogens is 1. The van der Waals surface area contributed by atoms with Gasteiger partial charge < -0.3 is 5.32 Å². The van der Waals surface area contributed by atoms with Gasteiger partial charge in [-0.2, -0.15) is 0 Å². The molecule has 7 heteroatoms. The molecule has 1 aromatic heterocycles. The molecular weight excluding hydrogens is 394 g/mol. The van der Waals surface area contributed by atoms with Gasteiger partial charge in [-0.15, -0.1) is 6.58 Å². The molecule has 1 N–H and O–H groups in total.